The van der Waals surface area contributed by atoms with E-state index in [2.05, 4.69) is 16.4 Å². The van der Waals surface area contributed by atoms with Crippen molar-refractivity contribution in [3.05, 3.63) is 41.2 Å². The Balaban J connectivity index is 1.32. The van der Waals surface area contributed by atoms with E-state index < -0.39 is 17.4 Å². The van der Waals surface area contributed by atoms with Gasteiger partial charge in [0.25, 0.3) is 0 Å². The Morgan fingerprint density at radius 3 is 3.24 bits per heavy atom. The van der Waals surface area contributed by atoms with Crippen molar-refractivity contribution in [1.82, 2.24) is 15.2 Å². The molecule has 6 nitrogen and oxygen atoms in total. The maximum absolute atomic E-state index is 12.8. The van der Waals surface area contributed by atoms with E-state index in [4.69, 9.17) is 4.74 Å². The van der Waals surface area contributed by atoms with Gasteiger partial charge in [-0.25, -0.2) is 0 Å². The maximum Gasteiger partial charge on any atom is 0.229 e. The van der Waals surface area contributed by atoms with Gasteiger partial charge in [0.05, 0.1) is 24.5 Å². The van der Waals surface area contributed by atoms with Crippen molar-refractivity contribution in [2.24, 2.45) is 11.8 Å². The summed E-state index contributed by atoms with van der Waals surface area (Å²) < 4.78 is 6.02. The number of likely N-dealkylation sites (N-methyl/N-ethyl adjacent to an activating group) is 1. The summed E-state index contributed by atoms with van der Waals surface area (Å²) in [5.74, 6) is -0.938. The van der Waals surface area contributed by atoms with Crippen molar-refractivity contribution in [2.75, 3.05) is 13.6 Å². The van der Waals surface area contributed by atoms with Crippen LogP contribution < -0.4 is 5.32 Å². The second-order valence-electron chi connectivity index (χ2n) is 7.62. The van der Waals surface area contributed by atoms with Gasteiger partial charge < -0.3 is 15.0 Å². The molecule has 2 saturated heterocycles. The zero-order valence-corrected chi connectivity index (χ0v) is 14.2. The lowest BCUT2D eigenvalue weighted by Crippen LogP contribution is -2.43. The van der Waals surface area contributed by atoms with Gasteiger partial charge >= 0.3 is 0 Å². The van der Waals surface area contributed by atoms with Crippen LogP contribution in [0, 0.1) is 11.8 Å². The molecule has 4 unspecified atom stereocenters. The van der Waals surface area contributed by atoms with Crippen molar-refractivity contribution in [3.63, 3.8) is 0 Å². The molecule has 25 heavy (non-hydrogen) atoms. The van der Waals surface area contributed by atoms with Crippen molar-refractivity contribution in [1.29, 1.82) is 0 Å². The average Bonchev–Trinajstić information content (AvgIpc) is 3.34. The number of rotatable bonds is 3. The number of carbonyl (C=O) groups excluding carboxylic acids is 2. The van der Waals surface area contributed by atoms with Crippen LogP contribution in [0.4, 0.5) is 0 Å². The monoisotopic (exact) mass is 339 g/mol. The fraction of sp³-hybridized carbons (Fsp3) is 0.526. The Labute approximate surface area is 146 Å². The lowest BCUT2D eigenvalue weighted by atomic mass is 9.77. The highest BCUT2D eigenvalue weighted by molar-refractivity contribution is 5.92. The first-order valence-corrected chi connectivity index (χ1v) is 8.94. The van der Waals surface area contributed by atoms with E-state index in [0.717, 1.165) is 24.8 Å². The predicted molar refractivity (Wildman–Crippen MR) is 89.5 cm³/mol. The van der Waals surface area contributed by atoms with Gasteiger partial charge in [-0.1, -0.05) is 18.2 Å². The molecule has 4 aliphatic rings. The minimum absolute atomic E-state index is 0.00574. The largest absolute Gasteiger partial charge is 0.360 e. The summed E-state index contributed by atoms with van der Waals surface area (Å²) in [5.41, 5.74) is 2.89. The van der Waals surface area contributed by atoms with Crippen molar-refractivity contribution in [3.8, 4) is 0 Å². The smallest absolute Gasteiger partial charge is 0.229 e. The lowest BCUT2D eigenvalue weighted by molar-refractivity contribution is -0.136. The first-order chi connectivity index (χ1) is 12.1. The van der Waals surface area contributed by atoms with Crippen LogP contribution in [0.15, 0.2) is 24.4 Å². The van der Waals surface area contributed by atoms with E-state index in [1.807, 2.05) is 18.3 Å². The number of fused-ring (bicyclic) bond motifs is 2. The number of pyridine rings is 1. The highest BCUT2D eigenvalue weighted by Gasteiger charge is 2.66. The van der Waals surface area contributed by atoms with Crippen LogP contribution in [0.2, 0.25) is 0 Å². The Morgan fingerprint density at radius 2 is 2.36 bits per heavy atom. The zero-order chi connectivity index (χ0) is 17.2. The minimum atomic E-state index is -0.604. The molecule has 1 aromatic heterocycles. The maximum atomic E-state index is 12.8. The number of nitrogens with zero attached hydrogens (tertiary/aromatic N) is 2. The Kier molecular flexibility index (Phi) is 3.10. The summed E-state index contributed by atoms with van der Waals surface area (Å²) in [5, 5.41) is 3.00. The third-order valence-electron chi connectivity index (χ3n) is 6.04. The van der Waals surface area contributed by atoms with Gasteiger partial charge in [0, 0.05) is 25.5 Å². The van der Waals surface area contributed by atoms with E-state index in [-0.39, 0.29) is 17.9 Å². The second kappa shape index (κ2) is 5.14. The van der Waals surface area contributed by atoms with Gasteiger partial charge in [-0.3, -0.25) is 14.6 Å². The van der Waals surface area contributed by atoms with E-state index >= 15 is 0 Å². The van der Waals surface area contributed by atoms with Gasteiger partial charge in [-0.15, -0.1) is 0 Å². The summed E-state index contributed by atoms with van der Waals surface area (Å²) in [7, 11) is 1.77. The molecular formula is C19H21N3O3. The number of likely N-dealkylation sites (tertiary alicyclic amines) is 1. The predicted octanol–water partition coefficient (Wildman–Crippen LogP) is 0.598. The normalized spacial score (nSPS) is 34.5. The van der Waals surface area contributed by atoms with E-state index in [9.17, 15) is 9.59 Å². The zero-order valence-electron chi connectivity index (χ0n) is 14.2. The molecule has 1 N–H and O–H groups in total. The van der Waals surface area contributed by atoms with Crippen LogP contribution in [0.3, 0.4) is 0 Å². The number of hydrogen-bond donors (Lipinski definition) is 1. The number of carbonyl (C=O) groups is 2. The molecule has 3 aliphatic heterocycles. The molecule has 2 amide bonds. The fourth-order valence-corrected chi connectivity index (χ4v) is 4.87. The SMILES string of the molecule is CN1CC23C=CC(O2)C(C(=O)NCc2cnc4c(c2)CCC4)C3C1=O. The fourth-order valence-electron chi connectivity index (χ4n) is 4.87. The van der Waals surface area contributed by atoms with Crippen molar-refractivity contribution >= 4 is 11.8 Å². The van der Waals surface area contributed by atoms with Crippen LogP contribution in [0.25, 0.3) is 0 Å². The summed E-state index contributed by atoms with van der Waals surface area (Å²) >= 11 is 0. The summed E-state index contributed by atoms with van der Waals surface area (Å²) in [6, 6.07) is 2.14. The molecule has 2 bridgehead atoms. The first-order valence-electron chi connectivity index (χ1n) is 8.94. The number of ether oxygens (including phenoxy) is 1. The molecule has 1 spiro atoms. The Bertz CT molecular complexity index is 805. The molecule has 4 atom stereocenters. The molecular weight excluding hydrogens is 318 g/mol. The number of aromatic nitrogens is 1. The summed E-state index contributed by atoms with van der Waals surface area (Å²) in [6.45, 7) is 0.970. The van der Waals surface area contributed by atoms with Gasteiger partial charge in [0.2, 0.25) is 11.8 Å². The molecule has 1 aliphatic carbocycles. The molecule has 0 aromatic carbocycles. The topological polar surface area (TPSA) is 71.5 Å². The molecule has 5 rings (SSSR count). The number of hydrogen-bond acceptors (Lipinski definition) is 4. The molecule has 4 heterocycles. The summed E-state index contributed by atoms with van der Waals surface area (Å²) in [6.07, 6.45) is 8.74. The van der Waals surface area contributed by atoms with E-state index in [0.29, 0.717) is 13.1 Å². The lowest BCUT2D eigenvalue weighted by Gasteiger charge is -2.23. The molecule has 130 valence electrons. The molecule has 0 saturated carbocycles. The number of aryl methyl sites for hydroxylation is 2. The Hall–Kier alpha value is -2.21. The van der Waals surface area contributed by atoms with Crippen molar-refractivity contribution < 1.29 is 14.3 Å². The molecule has 0 radical (unpaired) electrons. The van der Waals surface area contributed by atoms with Crippen LogP contribution in [0.5, 0.6) is 0 Å². The van der Waals surface area contributed by atoms with Crippen LogP contribution in [0.1, 0.15) is 23.2 Å². The van der Waals surface area contributed by atoms with Crippen LogP contribution in [-0.2, 0) is 33.7 Å². The van der Waals surface area contributed by atoms with Crippen molar-refractivity contribution in [2.45, 2.75) is 37.5 Å². The molecule has 2 fully saturated rings. The average molecular weight is 339 g/mol. The van der Waals surface area contributed by atoms with Crippen LogP contribution >= 0.6 is 0 Å². The molecule has 6 heteroatoms. The summed E-state index contributed by atoms with van der Waals surface area (Å²) in [4.78, 5) is 31.5. The highest BCUT2D eigenvalue weighted by atomic mass is 16.5. The highest BCUT2D eigenvalue weighted by Crippen LogP contribution is 2.51. The number of nitrogens with one attached hydrogen (secondary N) is 1. The third-order valence-corrected chi connectivity index (χ3v) is 6.04. The quantitative estimate of drug-likeness (QED) is 0.819. The minimum Gasteiger partial charge on any atom is -0.360 e. The van der Waals surface area contributed by atoms with Gasteiger partial charge in [0.15, 0.2) is 0 Å². The van der Waals surface area contributed by atoms with Gasteiger partial charge in [0.1, 0.15) is 5.60 Å². The van der Waals surface area contributed by atoms with E-state index in [1.165, 1.54) is 11.3 Å². The molecule has 1 aromatic rings. The Morgan fingerprint density at radius 1 is 1.48 bits per heavy atom. The van der Waals surface area contributed by atoms with Crippen LogP contribution in [-0.4, -0.2) is 47.0 Å². The third kappa shape index (κ3) is 2.10. The second-order valence-corrected chi connectivity index (χ2v) is 7.62. The standard InChI is InChI=1S/C19H21N3O3/c1-22-10-19-6-5-14(25-19)15(16(19)18(22)24)17(23)21-9-11-7-12-3-2-4-13(12)20-8-11/h5-8,14-16H,2-4,9-10H2,1H3,(H,21,23). The number of amides is 2. The van der Waals surface area contributed by atoms with Gasteiger partial charge in [-0.05, 0) is 30.4 Å². The first kappa shape index (κ1) is 15.1. The van der Waals surface area contributed by atoms with Gasteiger partial charge in [-0.2, -0.15) is 0 Å². The van der Waals surface area contributed by atoms with E-state index in [1.54, 1.807) is 11.9 Å².